The number of aliphatic carboxylic acids is 1. The lowest BCUT2D eigenvalue weighted by Crippen LogP contribution is -2.45. The Morgan fingerprint density at radius 1 is 1.19 bits per heavy atom. The first-order valence-electron chi connectivity index (χ1n) is 7.54. The van der Waals surface area contributed by atoms with Gasteiger partial charge in [-0.15, -0.1) is 0 Å². The van der Waals surface area contributed by atoms with E-state index in [-0.39, 0.29) is 11.8 Å². The van der Waals surface area contributed by atoms with Gasteiger partial charge in [-0.2, -0.15) is 0 Å². The summed E-state index contributed by atoms with van der Waals surface area (Å²) in [5.74, 6) is -1.66. The molecule has 0 aliphatic heterocycles. The molecule has 0 radical (unpaired) electrons. The monoisotopic (exact) mass is 291 g/mol. The Labute approximate surface area is 126 Å². The molecule has 0 heterocycles. The van der Waals surface area contributed by atoms with Crippen LogP contribution in [0.25, 0.3) is 0 Å². The Kier molecular flexibility index (Phi) is 6.92. The predicted octanol–water partition coefficient (Wildman–Crippen LogP) is 3.19. The number of hydrogen-bond acceptors (Lipinski definition) is 2. The summed E-state index contributed by atoms with van der Waals surface area (Å²) in [5.41, 5.74) is 0.722. The van der Waals surface area contributed by atoms with E-state index in [1.807, 2.05) is 39.0 Å². The summed E-state index contributed by atoms with van der Waals surface area (Å²) in [6, 6.07) is 8.68. The molecule has 0 bridgehead atoms. The van der Waals surface area contributed by atoms with Crippen LogP contribution in [0.3, 0.4) is 0 Å². The zero-order chi connectivity index (χ0) is 15.8. The second kappa shape index (κ2) is 8.45. The summed E-state index contributed by atoms with van der Waals surface area (Å²) in [5, 5.41) is 12.5. The number of carboxylic acids is 1. The van der Waals surface area contributed by atoms with E-state index in [0.717, 1.165) is 18.4 Å². The Bertz CT molecular complexity index is 456. The fourth-order valence-electron chi connectivity index (χ4n) is 2.39. The van der Waals surface area contributed by atoms with Crippen molar-refractivity contribution < 1.29 is 14.7 Å². The molecule has 1 rings (SSSR count). The predicted molar refractivity (Wildman–Crippen MR) is 83.1 cm³/mol. The average molecular weight is 291 g/mol. The van der Waals surface area contributed by atoms with Crippen molar-refractivity contribution in [1.82, 2.24) is 5.32 Å². The van der Waals surface area contributed by atoms with E-state index >= 15 is 0 Å². The number of carbonyl (C=O) groups is 2. The number of hydrogen-bond donors (Lipinski definition) is 2. The molecule has 1 aromatic carbocycles. The first kappa shape index (κ1) is 17.2. The number of amides is 1. The first-order valence-corrected chi connectivity index (χ1v) is 7.54. The van der Waals surface area contributed by atoms with E-state index in [4.69, 9.17) is 0 Å². The summed E-state index contributed by atoms with van der Waals surface area (Å²) in [4.78, 5) is 23.7. The highest BCUT2D eigenvalue weighted by atomic mass is 16.4. The van der Waals surface area contributed by atoms with Gasteiger partial charge in [-0.3, -0.25) is 9.59 Å². The summed E-state index contributed by atoms with van der Waals surface area (Å²) in [6.45, 7) is 5.89. The minimum atomic E-state index is -0.907. The maximum atomic E-state index is 12.0. The molecule has 2 N–H and O–H groups in total. The third-order valence-electron chi connectivity index (χ3n) is 3.59. The zero-order valence-electron chi connectivity index (χ0n) is 13.0. The van der Waals surface area contributed by atoms with Crippen LogP contribution in [0.2, 0.25) is 0 Å². The van der Waals surface area contributed by atoms with E-state index in [0.29, 0.717) is 6.42 Å². The fourth-order valence-corrected chi connectivity index (χ4v) is 2.39. The van der Waals surface area contributed by atoms with E-state index in [2.05, 4.69) is 5.32 Å². The number of benzene rings is 1. The van der Waals surface area contributed by atoms with Crippen LogP contribution in [0.1, 0.15) is 51.5 Å². The van der Waals surface area contributed by atoms with Crippen molar-refractivity contribution in [2.75, 3.05) is 0 Å². The van der Waals surface area contributed by atoms with E-state index in [9.17, 15) is 14.7 Å². The van der Waals surface area contributed by atoms with Crippen molar-refractivity contribution in [2.24, 2.45) is 5.92 Å². The van der Waals surface area contributed by atoms with Crippen LogP contribution in [-0.2, 0) is 9.59 Å². The topological polar surface area (TPSA) is 66.4 Å². The molecule has 0 aromatic heterocycles. The number of unbranched alkanes of at least 4 members (excludes halogenated alkanes) is 1. The molecular weight excluding hydrogens is 266 g/mol. The number of carbonyl (C=O) groups excluding carboxylic acids is 1. The Balaban J connectivity index is 2.94. The molecular formula is C17H25NO3. The molecule has 1 amide bonds. The SMILES string of the molecule is CCCCC(=O)NC(C(C)C)C(C(=O)O)c1ccccc1. The van der Waals surface area contributed by atoms with Gasteiger partial charge in [0.05, 0.1) is 0 Å². The largest absolute Gasteiger partial charge is 0.481 e. The van der Waals surface area contributed by atoms with Gasteiger partial charge < -0.3 is 10.4 Å². The summed E-state index contributed by atoms with van der Waals surface area (Å²) >= 11 is 0. The van der Waals surface area contributed by atoms with Gasteiger partial charge in [-0.1, -0.05) is 57.5 Å². The molecule has 1 aromatic rings. The van der Waals surface area contributed by atoms with Crippen LogP contribution in [0.5, 0.6) is 0 Å². The van der Waals surface area contributed by atoms with Crippen molar-refractivity contribution in [1.29, 1.82) is 0 Å². The summed E-state index contributed by atoms with van der Waals surface area (Å²) in [7, 11) is 0. The fraction of sp³-hybridized carbons (Fsp3) is 0.529. The van der Waals surface area contributed by atoms with E-state index < -0.39 is 17.9 Å². The third-order valence-corrected chi connectivity index (χ3v) is 3.59. The van der Waals surface area contributed by atoms with Crippen molar-refractivity contribution in [3.05, 3.63) is 35.9 Å². The van der Waals surface area contributed by atoms with Gasteiger partial charge in [0.15, 0.2) is 0 Å². The number of rotatable bonds is 8. The van der Waals surface area contributed by atoms with Gasteiger partial charge in [-0.25, -0.2) is 0 Å². The van der Waals surface area contributed by atoms with Gasteiger partial charge in [0.2, 0.25) is 5.91 Å². The van der Waals surface area contributed by atoms with Crippen LogP contribution in [-0.4, -0.2) is 23.0 Å². The molecule has 0 saturated carbocycles. The zero-order valence-corrected chi connectivity index (χ0v) is 13.0. The molecule has 0 saturated heterocycles. The molecule has 0 spiro atoms. The minimum Gasteiger partial charge on any atom is -0.481 e. The Morgan fingerprint density at radius 2 is 1.81 bits per heavy atom. The molecule has 4 heteroatoms. The second-order valence-corrected chi connectivity index (χ2v) is 5.67. The van der Waals surface area contributed by atoms with E-state index in [1.54, 1.807) is 12.1 Å². The number of nitrogens with one attached hydrogen (secondary N) is 1. The maximum Gasteiger partial charge on any atom is 0.313 e. The quantitative estimate of drug-likeness (QED) is 0.773. The smallest absolute Gasteiger partial charge is 0.313 e. The van der Waals surface area contributed by atoms with Gasteiger partial charge in [0.25, 0.3) is 0 Å². The highest BCUT2D eigenvalue weighted by Crippen LogP contribution is 2.25. The van der Waals surface area contributed by atoms with Gasteiger partial charge in [0, 0.05) is 12.5 Å². The van der Waals surface area contributed by atoms with Gasteiger partial charge >= 0.3 is 5.97 Å². The summed E-state index contributed by atoms with van der Waals surface area (Å²) < 4.78 is 0. The molecule has 116 valence electrons. The van der Waals surface area contributed by atoms with Crippen molar-refractivity contribution in [2.45, 2.75) is 52.0 Å². The third kappa shape index (κ3) is 5.21. The lowest BCUT2D eigenvalue weighted by molar-refractivity contribution is -0.140. The first-order chi connectivity index (χ1) is 9.97. The normalized spacial score (nSPS) is 13.7. The van der Waals surface area contributed by atoms with Crippen LogP contribution in [0.4, 0.5) is 0 Å². The Hall–Kier alpha value is -1.84. The highest BCUT2D eigenvalue weighted by Gasteiger charge is 2.32. The molecule has 0 aliphatic rings. The van der Waals surface area contributed by atoms with E-state index in [1.165, 1.54) is 0 Å². The van der Waals surface area contributed by atoms with Crippen molar-refractivity contribution >= 4 is 11.9 Å². The lowest BCUT2D eigenvalue weighted by Gasteiger charge is -2.28. The summed E-state index contributed by atoms with van der Waals surface area (Å²) in [6.07, 6.45) is 2.21. The van der Waals surface area contributed by atoms with Gasteiger partial charge in [-0.05, 0) is 17.9 Å². The van der Waals surface area contributed by atoms with Crippen molar-refractivity contribution in [3.8, 4) is 0 Å². The van der Waals surface area contributed by atoms with Crippen LogP contribution in [0, 0.1) is 5.92 Å². The molecule has 0 fully saturated rings. The van der Waals surface area contributed by atoms with Crippen LogP contribution >= 0.6 is 0 Å². The number of carboxylic acid groups (broad SMARTS) is 1. The molecule has 2 unspecified atom stereocenters. The second-order valence-electron chi connectivity index (χ2n) is 5.67. The maximum absolute atomic E-state index is 12.0. The average Bonchev–Trinajstić information content (AvgIpc) is 2.45. The highest BCUT2D eigenvalue weighted by molar-refractivity contribution is 5.80. The molecule has 2 atom stereocenters. The van der Waals surface area contributed by atoms with Crippen molar-refractivity contribution in [3.63, 3.8) is 0 Å². The minimum absolute atomic E-state index is 0.0388. The molecule has 4 nitrogen and oxygen atoms in total. The Morgan fingerprint density at radius 3 is 2.29 bits per heavy atom. The lowest BCUT2D eigenvalue weighted by atomic mass is 9.85. The molecule has 21 heavy (non-hydrogen) atoms. The van der Waals surface area contributed by atoms with Crippen LogP contribution < -0.4 is 5.32 Å². The molecule has 0 aliphatic carbocycles. The van der Waals surface area contributed by atoms with Crippen LogP contribution in [0.15, 0.2) is 30.3 Å². The van der Waals surface area contributed by atoms with Gasteiger partial charge in [0.1, 0.15) is 5.92 Å². The standard InChI is InChI=1S/C17H25NO3/c1-4-5-11-14(19)18-16(12(2)3)15(17(20)21)13-9-7-6-8-10-13/h6-10,12,15-16H,4-5,11H2,1-3H3,(H,18,19)(H,20,21).